The Bertz CT molecular complexity index is 2920. The third-order valence-corrected chi connectivity index (χ3v) is 17.3. The summed E-state index contributed by atoms with van der Waals surface area (Å²) in [5.41, 5.74) is 19.0. The van der Waals surface area contributed by atoms with Crippen LogP contribution in [-0.2, 0) is 39.6 Å². The Morgan fingerprint density at radius 2 is 1.46 bits per heavy atom. The zero-order valence-corrected chi connectivity index (χ0v) is 47.5. The van der Waals surface area contributed by atoms with Crippen molar-refractivity contribution in [2.75, 3.05) is 41.7 Å². The van der Waals surface area contributed by atoms with E-state index in [0.717, 1.165) is 5.56 Å². The maximum Gasteiger partial charge on any atom is 0.408 e. The van der Waals surface area contributed by atoms with Crippen LogP contribution in [-0.4, -0.2) is 91.0 Å². The van der Waals surface area contributed by atoms with Gasteiger partial charge < -0.3 is 68.6 Å². The monoisotopic (exact) mass is 1090 g/mol. The molecule has 0 saturated heterocycles. The number of carbonyl (C=O) groups excluding carboxylic acids is 4. The summed E-state index contributed by atoms with van der Waals surface area (Å²) >= 11 is 0. The van der Waals surface area contributed by atoms with Crippen molar-refractivity contribution in [3.63, 3.8) is 0 Å². The maximum atomic E-state index is 14.7. The number of nitrogens with one attached hydrogen (secondary N) is 2. The number of alkyl carbamates (subject to hydrolysis) is 1. The molecule has 0 aliphatic heterocycles. The fourth-order valence-corrected chi connectivity index (χ4v) is 9.18. The van der Waals surface area contributed by atoms with Gasteiger partial charge in [-0.1, -0.05) is 74.4 Å². The van der Waals surface area contributed by atoms with E-state index >= 15 is 0 Å². The number of rotatable bonds is 25. The Labute approximate surface area is 456 Å². The number of benzene rings is 5. The first kappa shape index (κ1) is 61.0. The van der Waals surface area contributed by atoms with Gasteiger partial charge in [-0.05, 0) is 122 Å². The average Bonchev–Trinajstić information content (AvgIpc) is 3.46. The Kier molecular flexibility index (Phi) is 21.1. The third-order valence-electron chi connectivity index (χ3n) is 12.9. The first-order valence-corrected chi connectivity index (χ1v) is 28.0. The molecule has 5 rings (SSSR count). The highest BCUT2D eigenvalue weighted by molar-refractivity contribution is 6.74. The topological polar surface area (TPSA) is 270 Å². The zero-order chi connectivity index (χ0) is 57.5. The van der Waals surface area contributed by atoms with Gasteiger partial charge in [0.05, 0.1) is 54.3 Å². The summed E-state index contributed by atoms with van der Waals surface area (Å²) in [6, 6.07) is 22.1. The van der Waals surface area contributed by atoms with Crippen molar-refractivity contribution in [3.05, 3.63) is 135 Å². The molecule has 21 heteroatoms. The molecule has 0 aliphatic rings. The minimum absolute atomic E-state index is 0.00417. The summed E-state index contributed by atoms with van der Waals surface area (Å²) in [7, 11) is 3.00. The van der Waals surface area contributed by atoms with Crippen LogP contribution in [0, 0.1) is 0 Å². The number of aldehydes is 1. The lowest BCUT2D eigenvalue weighted by atomic mass is 9.91. The molecule has 0 bridgehead atoms. The molecular formula is C57H72N6O14Si. The molecule has 5 aromatic carbocycles. The standard InChI is InChI=1S/C57H72N6O14Si/c1-14-74-54(67)50(51(77-78(12,13)57(5,6)7)35-20-23-38(24-21-35)75-47-28-37(27-44(65)52(47)72-11)42(31-64)60-55(68)76-56(2,3)4)61-53(66)49(58)36-22-25-45(70-9)41(26-36)48-40(29-39(69-8)30-46(48)71-10)43(62-63-59)33-73-32-34-18-16-15-17-19-34/h15-31,42-43,49-51,65H,14,32-33,58H2,1-13H3,(H,60,68)(H,61,66)/t42-,43-,49+,50-,51+/m1/s1. The second-order valence-electron chi connectivity index (χ2n) is 20.5. The first-order chi connectivity index (χ1) is 36.9. The van der Waals surface area contributed by atoms with Crippen LogP contribution in [0.5, 0.6) is 40.2 Å². The van der Waals surface area contributed by atoms with Crippen molar-refractivity contribution in [3.8, 4) is 51.4 Å². The molecule has 0 heterocycles. The summed E-state index contributed by atoms with van der Waals surface area (Å²) in [6.07, 6.45) is -1.50. The van der Waals surface area contributed by atoms with E-state index in [1.54, 1.807) is 82.3 Å². The van der Waals surface area contributed by atoms with Crippen LogP contribution in [0.4, 0.5) is 4.79 Å². The molecule has 0 aliphatic carbocycles. The number of nitrogens with zero attached hydrogens (tertiary/aromatic N) is 3. The Balaban J connectivity index is 1.54. The van der Waals surface area contributed by atoms with Crippen LogP contribution in [0.3, 0.4) is 0 Å². The van der Waals surface area contributed by atoms with Gasteiger partial charge in [0, 0.05) is 22.1 Å². The number of methoxy groups -OCH3 is 4. The molecule has 0 spiro atoms. The number of nitrogens with two attached hydrogens (primary N) is 1. The molecule has 0 fully saturated rings. The van der Waals surface area contributed by atoms with Crippen molar-refractivity contribution in [1.29, 1.82) is 0 Å². The van der Waals surface area contributed by atoms with E-state index in [2.05, 4.69) is 20.7 Å². The second-order valence-corrected chi connectivity index (χ2v) is 25.2. The van der Waals surface area contributed by atoms with E-state index in [0.29, 0.717) is 51.4 Å². The smallest absolute Gasteiger partial charge is 0.408 e. The number of esters is 1. The number of hydrogen-bond acceptors (Lipinski definition) is 16. The van der Waals surface area contributed by atoms with Crippen molar-refractivity contribution in [1.82, 2.24) is 10.6 Å². The number of amides is 2. The van der Waals surface area contributed by atoms with Crippen LogP contribution < -0.4 is 40.1 Å². The summed E-state index contributed by atoms with van der Waals surface area (Å²) in [5, 5.41) is 20.1. The van der Waals surface area contributed by atoms with Gasteiger partial charge in [-0.15, -0.1) is 0 Å². The number of hydrogen-bond donors (Lipinski definition) is 4. The van der Waals surface area contributed by atoms with Crippen molar-refractivity contribution >= 4 is 32.6 Å². The van der Waals surface area contributed by atoms with Gasteiger partial charge >= 0.3 is 12.1 Å². The molecule has 5 aromatic rings. The van der Waals surface area contributed by atoms with Crippen molar-refractivity contribution in [2.45, 2.75) is 109 Å². The Morgan fingerprint density at radius 1 is 0.795 bits per heavy atom. The van der Waals surface area contributed by atoms with E-state index in [1.807, 2.05) is 64.2 Å². The van der Waals surface area contributed by atoms with Gasteiger partial charge in [0.15, 0.2) is 25.9 Å². The summed E-state index contributed by atoms with van der Waals surface area (Å²) in [5.74, 6) is -0.628. The fraction of sp³-hybridized carbons (Fsp3) is 0.404. The number of aromatic hydroxyl groups is 1. The van der Waals surface area contributed by atoms with E-state index in [9.17, 15) is 29.8 Å². The van der Waals surface area contributed by atoms with Gasteiger partial charge in [0.2, 0.25) is 11.7 Å². The predicted molar refractivity (Wildman–Crippen MR) is 295 cm³/mol. The molecule has 418 valence electrons. The molecule has 5 N–H and O–H groups in total. The highest BCUT2D eigenvalue weighted by Gasteiger charge is 2.44. The molecule has 0 aromatic heterocycles. The zero-order valence-electron chi connectivity index (χ0n) is 46.5. The minimum atomic E-state index is -2.79. The lowest BCUT2D eigenvalue weighted by Gasteiger charge is -2.41. The predicted octanol–water partition coefficient (Wildman–Crippen LogP) is 11.0. The number of azide groups is 1. The number of phenolic OH excluding ortho intramolecular Hbond substituents is 1. The van der Waals surface area contributed by atoms with Crippen LogP contribution in [0.1, 0.15) is 101 Å². The van der Waals surface area contributed by atoms with Gasteiger partial charge in [-0.3, -0.25) is 4.79 Å². The highest BCUT2D eigenvalue weighted by Crippen LogP contribution is 2.47. The summed E-state index contributed by atoms with van der Waals surface area (Å²) in [6.45, 7) is 17.0. The lowest BCUT2D eigenvalue weighted by Crippen LogP contribution is -2.53. The first-order valence-electron chi connectivity index (χ1n) is 25.1. The molecule has 0 unspecified atom stereocenters. The number of phenols is 1. The minimum Gasteiger partial charge on any atom is -0.504 e. The molecule has 78 heavy (non-hydrogen) atoms. The molecule has 5 atom stereocenters. The van der Waals surface area contributed by atoms with Gasteiger partial charge in [-0.2, -0.15) is 0 Å². The SMILES string of the molecule is CCOC(=O)[C@H](NC(=O)[C@@H](N)c1ccc(OC)c(-c2c(OC)cc(OC)cc2[C@@H](COCc2ccccc2)N=[N+]=[N-])c1)[C@@H](O[Si](C)(C)C(C)(C)C)c1ccc(Oc2cc([C@@H](C=O)NC(=O)OC(C)(C)C)cc(O)c2OC)cc1. The van der Waals surface area contributed by atoms with E-state index in [-0.39, 0.29) is 53.4 Å². The lowest BCUT2D eigenvalue weighted by molar-refractivity contribution is -0.150. The second kappa shape index (κ2) is 27.0. The molecule has 20 nitrogen and oxygen atoms in total. The largest absolute Gasteiger partial charge is 0.504 e. The average molecular weight is 1090 g/mol. The van der Waals surface area contributed by atoms with Crippen molar-refractivity contribution < 1.29 is 66.6 Å². The molecule has 2 amide bonds. The molecular weight excluding hydrogens is 1020 g/mol. The number of ether oxygens (including phenoxy) is 8. The Hall–Kier alpha value is -7.81. The van der Waals surface area contributed by atoms with Crippen molar-refractivity contribution in [2.24, 2.45) is 10.8 Å². The maximum absolute atomic E-state index is 14.7. The van der Waals surface area contributed by atoms with Gasteiger partial charge in [0.25, 0.3) is 0 Å². The normalized spacial score (nSPS) is 13.5. The van der Waals surface area contributed by atoms with Gasteiger partial charge in [-0.25, -0.2) is 9.59 Å². The van der Waals surface area contributed by atoms with E-state index in [1.165, 1.54) is 40.6 Å². The molecule has 0 saturated carbocycles. The fourth-order valence-electron chi connectivity index (χ4n) is 7.92. The van der Waals surface area contributed by atoms with Crippen LogP contribution >= 0.6 is 0 Å². The van der Waals surface area contributed by atoms with E-state index < -0.39 is 62.2 Å². The Morgan fingerprint density at radius 3 is 2.04 bits per heavy atom. The summed E-state index contributed by atoms with van der Waals surface area (Å²) < 4.78 is 53.2. The highest BCUT2D eigenvalue weighted by atomic mass is 28.4. The van der Waals surface area contributed by atoms with Gasteiger partial charge in [0.1, 0.15) is 53.1 Å². The summed E-state index contributed by atoms with van der Waals surface area (Å²) in [4.78, 5) is 56.9. The molecule has 0 radical (unpaired) electrons. The van der Waals surface area contributed by atoms with Crippen LogP contribution in [0.15, 0.2) is 102 Å². The third kappa shape index (κ3) is 15.7. The number of carbonyl (C=O) groups is 4. The van der Waals surface area contributed by atoms with Crippen LogP contribution in [0.2, 0.25) is 18.1 Å². The van der Waals surface area contributed by atoms with Crippen LogP contribution in [0.25, 0.3) is 21.6 Å². The quantitative estimate of drug-likeness (QED) is 0.0106. The van der Waals surface area contributed by atoms with E-state index in [4.69, 9.17) is 48.1 Å².